The summed E-state index contributed by atoms with van der Waals surface area (Å²) in [5.41, 5.74) is -0.921. The van der Waals surface area contributed by atoms with Crippen LogP contribution in [-0.4, -0.2) is 6.08 Å². The van der Waals surface area contributed by atoms with Crippen molar-refractivity contribution < 1.29 is 22.4 Å². The van der Waals surface area contributed by atoms with Gasteiger partial charge in [0, 0.05) is 6.07 Å². The second-order valence-corrected chi connectivity index (χ2v) is 2.78. The van der Waals surface area contributed by atoms with E-state index < -0.39 is 34.9 Å². The van der Waals surface area contributed by atoms with Crippen LogP contribution in [0.15, 0.2) is 11.1 Å². The third-order valence-electron chi connectivity index (χ3n) is 1.81. The molecule has 80 valence electrons. The van der Waals surface area contributed by atoms with E-state index in [2.05, 4.69) is 4.99 Å². The van der Waals surface area contributed by atoms with Gasteiger partial charge in [0.2, 0.25) is 6.08 Å². The van der Waals surface area contributed by atoms with Crippen LogP contribution in [0.5, 0.6) is 0 Å². The number of hydrogen-bond donors (Lipinski definition) is 0. The Kier molecular flexibility index (Phi) is 3.21. The fourth-order valence-electron chi connectivity index (χ4n) is 1.10. The molecule has 2 nitrogen and oxygen atoms in total. The minimum Gasteiger partial charge on any atom is -0.211 e. The lowest BCUT2D eigenvalue weighted by molar-refractivity contribution is 0.430. The number of aliphatic imine (C=N–C) groups is 1. The molecule has 1 unspecified atom stereocenters. The van der Waals surface area contributed by atoms with Gasteiger partial charge in [-0.25, -0.2) is 22.4 Å². The minimum atomic E-state index is -1.56. The van der Waals surface area contributed by atoms with Crippen molar-refractivity contribution in [3.8, 4) is 0 Å². The molecule has 1 rings (SSSR count). The van der Waals surface area contributed by atoms with E-state index in [4.69, 9.17) is 0 Å². The molecule has 15 heavy (non-hydrogen) atoms. The van der Waals surface area contributed by atoms with Gasteiger partial charge in [0.15, 0.2) is 23.3 Å². The van der Waals surface area contributed by atoms with Crippen molar-refractivity contribution in [3.63, 3.8) is 0 Å². The molecule has 0 bridgehead atoms. The second kappa shape index (κ2) is 4.23. The van der Waals surface area contributed by atoms with Crippen LogP contribution in [0.1, 0.15) is 18.5 Å². The van der Waals surface area contributed by atoms with E-state index >= 15 is 0 Å². The van der Waals surface area contributed by atoms with Gasteiger partial charge in [-0.15, -0.1) is 0 Å². The fourth-order valence-corrected chi connectivity index (χ4v) is 1.10. The molecule has 0 saturated carbocycles. The lowest BCUT2D eigenvalue weighted by Gasteiger charge is -2.08. The first-order valence-corrected chi connectivity index (χ1v) is 3.89. The molecule has 0 radical (unpaired) electrons. The summed E-state index contributed by atoms with van der Waals surface area (Å²) in [5, 5.41) is 0. The summed E-state index contributed by atoms with van der Waals surface area (Å²) in [6, 6.07) is -1.24. The molecule has 0 aliphatic heterocycles. The highest BCUT2D eigenvalue weighted by Gasteiger charge is 2.23. The molecule has 1 aromatic carbocycles. The molecule has 0 amide bonds. The van der Waals surface area contributed by atoms with Gasteiger partial charge in [-0.2, -0.15) is 4.99 Å². The smallest absolute Gasteiger partial charge is 0.211 e. The zero-order valence-corrected chi connectivity index (χ0v) is 7.52. The van der Waals surface area contributed by atoms with Crippen molar-refractivity contribution >= 4 is 6.08 Å². The fraction of sp³-hybridized carbons (Fsp3) is 0.222. The van der Waals surface area contributed by atoms with Gasteiger partial charge >= 0.3 is 0 Å². The van der Waals surface area contributed by atoms with Crippen LogP contribution in [0.2, 0.25) is 0 Å². The largest absolute Gasteiger partial charge is 0.235 e. The maximum absolute atomic E-state index is 13.0. The van der Waals surface area contributed by atoms with Gasteiger partial charge < -0.3 is 0 Å². The third kappa shape index (κ3) is 2.05. The highest BCUT2D eigenvalue weighted by Crippen LogP contribution is 2.26. The lowest BCUT2D eigenvalue weighted by Crippen LogP contribution is -2.04. The number of halogens is 4. The number of benzene rings is 1. The van der Waals surface area contributed by atoms with Gasteiger partial charge in [-0.3, -0.25) is 0 Å². The van der Waals surface area contributed by atoms with E-state index in [1.165, 1.54) is 0 Å². The average molecular weight is 219 g/mol. The molecule has 6 heteroatoms. The number of isocyanates is 1. The lowest BCUT2D eigenvalue weighted by atomic mass is 10.1. The summed E-state index contributed by atoms with van der Waals surface area (Å²) < 4.78 is 51.5. The maximum atomic E-state index is 13.0. The molecule has 0 heterocycles. The van der Waals surface area contributed by atoms with Gasteiger partial charge in [0.1, 0.15) is 0 Å². The molecule has 1 aromatic rings. The van der Waals surface area contributed by atoms with Crippen LogP contribution >= 0.6 is 0 Å². The maximum Gasteiger partial charge on any atom is 0.235 e. The first-order valence-electron chi connectivity index (χ1n) is 3.89. The van der Waals surface area contributed by atoms with E-state index in [-0.39, 0.29) is 6.07 Å². The summed E-state index contributed by atoms with van der Waals surface area (Å²) >= 11 is 0. The quantitative estimate of drug-likeness (QED) is 0.325. The Morgan fingerprint density at radius 3 is 2.07 bits per heavy atom. The van der Waals surface area contributed by atoms with Gasteiger partial charge in [0.05, 0.1) is 11.6 Å². The van der Waals surface area contributed by atoms with E-state index in [0.29, 0.717) is 0 Å². The second-order valence-electron chi connectivity index (χ2n) is 2.78. The van der Waals surface area contributed by atoms with Crippen molar-refractivity contribution in [2.75, 3.05) is 0 Å². The van der Waals surface area contributed by atoms with E-state index in [9.17, 15) is 22.4 Å². The van der Waals surface area contributed by atoms with Crippen LogP contribution in [0.25, 0.3) is 0 Å². The summed E-state index contributed by atoms with van der Waals surface area (Å²) in [5.74, 6) is -6.17. The Morgan fingerprint density at radius 2 is 1.67 bits per heavy atom. The van der Waals surface area contributed by atoms with Crippen LogP contribution < -0.4 is 0 Å². The van der Waals surface area contributed by atoms with Crippen LogP contribution in [0.4, 0.5) is 17.6 Å². The molecular formula is C9H5F4NO. The number of rotatable bonds is 2. The minimum absolute atomic E-state index is 0.0888. The zero-order chi connectivity index (χ0) is 11.6. The summed E-state index contributed by atoms with van der Waals surface area (Å²) in [6.45, 7) is 1.12. The predicted octanol–water partition coefficient (Wildman–Crippen LogP) is 2.64. The average Bonchev–Trinajstić information content (AvgIpc) is 2.16. The van der Waals surface area contributed by atoms with E-state index in [0.717, 1.165) is 13.0 Å². The van der Waals surface area contributed by atoms with Crippen molar-refractivity contribution in [1.29, 1.82) is 0 Å². The predicted molar refractivity (Wildman–Crippen MR) is 42.8 cm³/mol. The Labute approximate surface area is 82.2 Å². The molecule has 1 atom stereocenters. The molecule has 0 N–H and O–H groups in total. The highest BCUT2D eigenvalue weighted by molar-refractivity contribution is 5.36. The molecule has 0 aliphatic rings. The third-order valence-corrected chi connectivity index (χ3v) is 1.81. The Balaban J connectivity index is 3.45. The van der Waals surface area contributed by atoms with Gasteiger partial charge in [0.25, 0.3) is 0 Å². The molecule has 0 aromatic heterocycles. The normalized spacial score (nSPS) is 12.1. The molecule has 0 fully saturated rings. The van der Waals surface area contributed by atoms with Gasteiger partial charge in [-0.1, -0.05) is 0 Å². The summed E-state index contributed by atoms with van der Waals surface area (Å²) in [7, 11) is 0. The van der Waals surface area contributed by atoms with Gasteiger partial charge in [-0.05, 0) is 6.92 Å². The highest BCUT2D eigenvalue weighted by atomic mass is 19.2. The zero-order valence-electron chi connectivity index (χ0n) is 7.52. The van der Waals surface area contributed by atoms with Crippen molar-refractivity contribution in [1.82, 2.24) is 0 Å². The van der Waals surface area contributed by atoms with Crippen molar-refractivity contribution in [3.05, 3.63) is 34.9 Å². The monoisotopic (exact) mass is 219 g/mol. The van der Waals surface area contributed by atoms with Crippen LogP contribution in [0.3, 0.4) is 0 Å². The standard InChI is InChI=1S/C9H5F4NO/c1-4(14-3-15)7-8(12)5(10)2-6(11)9(7)13/h2,4H,1H3. The first-order chi connectivity index (χ1) is 6.99. The summed E-state index contributed by atoms with van der Waals surface area (Å²) in [6.07, 6.45) is 1.06. The molecular weight excluding hydrogens is 214 g/mol. The SMILES string of the molecule is CC(N=C=O)c1c(F)c(F)cc(F)c1F. The first kappa shape index (κ1) is 11.4. The van der Waals surface area contributed by atoms with E-state index in [1.807, 2.05) is 0 Å². The Morgan fingerprint density at radius 1 is 1.20 bits per heavy atom. The number of hydrogen-bond acceptors (Lipinski definition) is 2. The van der Waals surface area contributed by atoms with E-state index in [1.54, 1.807) is 0 Å². The Hall–Kier alpha value is -1.68. The van der Waals surface area contributed by atoms with Crippen molar-refractivity contribution in [2.24, 2.45) is 4.99 Å². The number of nitrogens with zero attached hydrogens (tertiary/aromatic N) is 1. The van der Waals surface area contributed by atoms with Crippen LogP contribution in [0, 0.1) is 23.3 Å². The topological polar surface area (TPSA) is 29.4 Å². The number of carbonyl (C=O) groups excluding carboxylic acids is 1. The molecule has 0 saturated heterocycles. The van der Waals surface area contributed by atoms with Crippen molar-refractivity contribution in [2.45, 2.75) is 13.0 Å². The Bertz CT molecular complexity index is 414. The van der Waals surface area contributed by atoms with Crippen LogP contribution in [-0.2, 0) is 4.79 Å². The molecule has 0 spiro atoms. The molecule has 0 aliphatic carbocycles. The summed E-state index contributed by atoms with van der Waals surface area (Å²) in [4.78, 5) is 12.8.